The highest BCUT2D eigenvalue weighted by atomic mass is 35.5. The summed E-state index contributed by atoms with van der Waals surface area (Å²) in [5, 5.41) is 5.65. The lowest BCUT2D eigenvalue weighted by molar-refractivity contribution is 0.324. The van der Waals surface area contributed by atoms with Crippen LogP contribution in [0.1, 0.15) is 11.9 Å². The molecule has 4 rings (SSSR count). The number of hydrogen-bond acceptors (Lipinski definition) is 6. The minimum Gasteiger partial charge on any atom is -0.493 e. The molecule has 0 saturated carbocycles. The molecule has 0 saturated heterocycles. The normalized spacial score (nSPS) is 11.1. The van der Waals surface area contributed by atoms with Gasteiger partial charge in [-0.05, 0) is 36.8 Å². The average molecular weight is 448 g/mol. The summed E-state index contributed by atoms with van der Waals surface area (Å²) in [7, 11) is 4.67. The number of halogens is 2. The van der Waals surface area contributed by atoms with Crippen molar-refractivity contribution in [1.82, 2.24) is 14.6 Å². The summed E-state index contributed by atoms with van der Waals surface area (Å²) in [4.78, 5) is 5.54. The van der Waals surface area contributed by atoms with Gasteiger partial charge in [0.15, 0.2) is 11.5 Å². The van der Waals surface area contributed by atoms with Crippen molar-refractivity contribution in [2.45, 2.75) is 13.3 Å². The SMILES string of the molecule is CCc1nn2c(-c3ccc(F)c(Cl)c3)c(-c3cc(OC)c(OC)c(OC)c3)nc2s1. The van der Waals surface area contributed by atoms with E-state index in [1.54, 1.807) is 38.0 Å². The molecule has 0 fully saturated rings. The summed E-state index contributed by atoms with van der Waals surface area (Å²) in [6, 6.07) is 8.22. The van der Waals surface area contributed by atoms with E-state index in [9.17, 15) is 4.39 Å². The molecule has 30 heavy (non-hydrogen) atoms. The summed E-state index contributed by atoms with van der Waals surface area (Å²) >= 11 is 7.57. The molecule has 2 heterocycles. The van der Waals surface area contributed by atoms with Crippen LogP contribution in [0.3, 0.4) is 0 Å². The quantitative estimate of drug-likeness (QED) is 0.390. The lowest BCUT2D eigenvalue weighted by Gasteiger charge is -2.14. The summed E-state index contributed by atoms with van der Waals surface area (Å²) in [5.41, 5.74) is 2.80. The van der Waals surface area contributed by atoms with Crippen LogP contribution < -0.4 is 14.2 Å². The van der Waals surface area contributed by atoms with E-state index in [-0.39, 0.29) is 5.02 Å². The molecule has 4 aromatic rings. The fourth-order valence-electron chi connectivity index (χ4n) is 3.25. The number of methoxy groups -OCH3 is 3. The Balaban J connectivity index is 2.02. The van der Waals surface area contributed by atoms with E-state index in [1.807, 2.05) is 19.1 Å². The van der Waals surface area contributed by atoms with Gasteiger partial charge in [-0.2, -0.15) is 5.10 Å². The van der Waals surface area contributed by atoms with Crippen molar-refractivity contribution in [3.8, 4) is 39.8 Å². The number of fused-ring (bicyclic) bond motifs is 1. The second-order valence-electron chi connectivity index (χ2n) is 6.40. The molecule has 0 unspecified atom stereocenters. The monoisotopic (exact) mass is 447 g/mol. The first-order chi connectivity index (χ1) is 14.5. The van der Waals surface area contributed by atoms with Crippen LogP contribution in [0.25, 0.3) is 27.5 Å². The molecule has 0 atom stereocenters. The Bertz CT molecular complexity index is 1210. The van der Waals surface area contributed by atoms with Gasteiger partial charge in [0.2, 0.25) is 10.7 Å². The van der Waals surface area contributed by atoms with E-state index >= 15 is 0 Å². The van der Waals surface area contributed by atoms with Crippen LogP contribution in [0.4, 0.5) is 4.39 Å². The van der Waals surface area contributed by atoms with Crippen LogP contribution in [-0.4, -0.2) is 35.9 Å². The van der Waals surface area contributed by atoms with E-state index in [1.165, 1.54) is 17.4 Å². The van der Waals surface area contributed by atoms with Crippen LogP contribution in [0.5, 0.6) is 17.2 Å². The van der Waals surface area contributed by atoms with Crippen molar-refractivity contribution in [1.29, 1.82) is 0 Å². The smallest absolute Gasteiger partial charge is 0.213 e. The van der Waals surface area contributed by atoms with Crippen molar-refractivity contribution in [2.24, 2.45) is 0 Å². The largest absolute Gasteiger partial charge is 0.493 e. The molecular formula is C21H19ClFN3O3S. The van der Waals surface area contributed by atoms with Gasteiger partial charge in [-0.25, -0.2) is 13.9 Å². The first kappa shape index (κ1) is 20.4. The Morgan fingerprint density at radius 3 is 2.30 bits per heavy atom. The molecule has 9 heteroatoms. The molecule has 0 amide bonds. The number of aromatic nitrogens is 3. The average Bonchev–Trinajstić information content (AvgIpc) is 3.32. The van der Waals surface area contributed by atoms with Gasteiger partial charge in [0.05, 0.1) is 26.4 Å². The number of benzene rings is 2. The highest BCUT2D eigenvalue weighted by Gasteiger charge is 2.23. The molecule has 2 aromatic heterocycles. The van der Waals surface area contributed by atoms with Crippen LogP contribution in [-0.2, 0) is 6.42 Å². The fourth-order valence-corrected chi connectivity index (χ4v) is 4.27. The molecule has 0 N–H and O–H groups in total. The molecule has 0 aliphatic rings. The number of nitrogens with zero attached hydrogens (tertiary/aromatic N) is 3. The molecule has 0 aliphatic heterocycles. The van der Waals surface area contributed by atoms with Crippen molar-refractivity contribution in [3.05, 3.63) is 46.2 Å². The molecular weight excluding hydrogens is 429 g/mol. The minimum absolute atomic E-state index is 0.0317. The van der Waals surface area contributed by atoms with Crippen LogP contribution in [0.15, 0.2) is 30.3 Å². The first-order valence-corrected chi connectivity index (χ1v) is 10.3. The van der Waals surface area contributed by atoms with Crippen LogP contribution >= 0.6 is 22.9 Å². The van der Waals surface area contributed by atoms with Gasteiger partial charge in [-0.15, -0.1) is 0 Å². The van der Waals surface area contributed by atoms with Gasteiger partial charge >= 0.3 is 0 Å². The number of rotatable bonds is 6. The van der Waals surface area contributed by atoms with Gasteiger partial charge in [-0.1, -0.05) is 29.9 Å². The zero-order valence-electron chi connectivity index (χ0n) is 16.8. The predicted molar refractivity (Wildman–Crippen MR) is 116 cm³/mol. The Kier molecular flexibility index (Phi) is 5.53. The third-order valence-electron chi connectivity index (χ3n) is 4.68. The molecule has 0 spiro atoms. The lowest BCUT2D eigenvalue weighted by Crippen LogP contribution is -1.97. The van der Waals surface area contributed by atoms with E-state index < -0.39 is 5.82 Å². The second kappa shape index (κ2) is 8.12. The molecule has 156 valence electrons. The van der Waals surface area contributed by atoms with Crippen LogP contribution in [0.2, 0.25) is 5.02 Å². The third-order valence-corrected chi connectivity index (χ3v) is 6.02. The van der Waals surface area contributed by atoms with Gasteiger partial charge in [0, 0.05) is 11.1 Å². The van der Waals surface area contributed by atoms with E-state index in [0.29, 0.717) is 34.2 Å². The second-order valence-corrected chi connectivity index (χ2v) is 7.84. The minimum atomic E-state index is -0.483. The standard InChI is InChI=1S/C21H19ClFN3O3S/c1-5-17-25-26-19(11-6-7-14(23)13(22)8-11)18(24-21(26)30-17)12-9-15(27-2)20(29-4)16(10-12)28-3/h6-10H,5H2,1-4H3. The van der Waals surface area contributed by atoms with E-state index in [4.69, 9.17) is 30.8 Å². The highest BCUT2D eigenvalue weighted by molar-refractivity contribution is 7.16. The van der Waals surface area contributed by atoms with Gasteiger partial charge in [-0.3, -0.25) is 0 Å². The van der Waals surface area contributed by atoms with Gasteiger partial charge in [0.1, 0.15) is 22.2 Å². The lowest BCUT2D eigenvalue weighted by atomic mass is 10.0. The zero-order chi connectivity index (χ0) is 21.4. The van der Waals surface area contributed by atoms with Crippen LogP contribution in [0, 0.1) is 5.82 Å². The first-order valence-electron chi connectivity index (χ1n) is 9.14. The Morgan fingerprint density at radius 1 is 1.03 bits per heavy atom. The topological polar surface area (TPSA) is 57.9 Å². The Morgan fingerprint density at radius 2 is 1.73 bits per heavy atom. The third kappa shape index (κ3) is 3.36. The molecule has 2 aromatic carbocycles. The zero-order valence-corrected chi connectivity index (χ0v) is 18.4. The summed E-state index contributed by atoms with van der Waals surface area (Å²) < 4.78 is 32.0. The summed E-state index contributed by atoms with van der Waals surface area (Å²) in [6.45, 7) is 2.03. The maximum atomic E-state index is 13.8. The van der Waals surface area contributed by atoms with Crippen molar-refractivity contribution in [3.63, 3.8) is 0 Å². The number of imidazole rings is 1. The molecule has 6 nitrogen and oxygen atoms in total. The summed E-state index contributed by atoms with van der Waals surface area (Å²) in [5.74, 6) is 1.02. The van der Waals surface area contributed by atoms with E-state index in [0.717, 1.165) is 22.0 Å². The van der Waals surface area contributed by atoms with Gasteiger partial charge in [0.25, 0.3) is 0 Å². The van der Waals surface area contributed by atoms with Crippen molar-refractivity contribution in [2.75, 3.05) is 21.3 Å². The van der Waals surface area contributed by atoms with Crippen molar-refractivity contribution < 1.29 is 18.6 Å². The molecule has 0 radical (unpaired) electrons. The number of hydrogen-bond donors (Lipinski definition) is 0. The number of ether oxygens (including phenoxy) is 3. The Labute approximate surface area is 181 Å². The van der Waals surface area contributed by atoms with Gasteiger partial charge < -0.3 is 14.2 Å². The number of aryl methyl sites for hydroxylation is 1. The maximum absolute atomic E-state index is 13.8. The van der Waals surface area contributed by atoms with E-state index in [2.05, 4.69) is 5.10 Å². The summed E-state index contributed by atoms with van der Waals surface area (Å²) in [6.07, 6.45) is 0.789. The Hall–Kier alpha value is -2.84. The molecule has 0 bridgehead atoms. The molecule has 0 aliphatic carbocycles. The predicted octanol–water partition coefficient (Wildman–Crippen LogP) is 5.51. The fraction of sp³-hybridized carbons (Fsp3) is 0.238. The van der Waals surface area contributed by atoms with Crippen molar-refractivity contribution >= 4 is 27.9 Å². The highest BCUT2D eigenvalue weighted by Crippen LogP contribution is 2.44. The maximum Gasteiger partial charge on any atom is 0.213 e.